The molecule has 1 aliphatic heterocycles. The van der Waals surface area contributed by atoms with Crippen LogP contribution in [-0.2, 0) is 10.0 Å². The smallest absolute Gasteiger partial charge is 0.289 e. The molecule has 0 saturated carbocycles. The second-order valence-corrected chi connectivity index (χ2v) is 7.46. The van der Waals surface area contributed by atoms with Crippen molar-refractivity contribution in [1.82, 2.24) is 4.31 Å². The minimum Gasteiger partial charge on any atom is -0.327 e. The summed E-state index contributed by atoms with van der Waals surface area (Å²) in [7, 11) is -3.91. The molecule has 1 aromatic carbocycles. The summed E-state index contributed by atoms with van der Waals surface area (Å²) in [5, 5.41) is 11.0. The Balaban J connectivity index is 0.00000220. The van der Waals surface area contributed by atoms with Crippen LogP contribution >= 0.6 is 28.3 Å². The van der Waals surface area contributed by atoms with E-state index in [0.29, 0.717) is 17.4 Å². The number of hydrogen-bond acceptors (Lipinski definition) is 5. The van der Waals surface area contributed by atoms with Gasteiger partial charge in [0, 0.05) is 29.7 Å². The van der Waals surface area contributed by atoms with Gasteiger partial charge in [0.05, 0.1) is 4.92 Å². The Kier molecular flexibility index (Phi) is 6.11. The van der Waals surface area contributed by atoms with Crippen molar-refractivity contribution in [3.05, 3.63) is 32.8 Å². The van der Waals surface area contributed by atoms with Crippen molar-refractivity contribution in [3.8, 4) is 0 Å². The maximum absolute atomic E-state index is 12.6. The third-order valence-electron chi connectivity index (χ3n) is 3.16. The summed E-state index contributed by atoms with van der Waals surface area (Å²) in [6, 6.07) is 3.65. The summed E-state index contributed by atoms with van der Waals surface area (Å²) in [4.78, 5) is 10.0. The predicted molar refractivity (Wildman–Crippen MR) is 84.0 cm³/mol. The number of rotatable bonds is 3. The summed E-state index contributed by atoms with van der Waals surface area (Å²) in [6.45, 7) is 0.520. The van der Waals surface area contributed by atoms with Crippen molar-refractivity contribution >= 4 is 44.0 Å². The highest BCUT2D eigenvalue weighted by atomic mass is 79.9. The first-order valence-corrected chi connectivity index (χ1v) is 8.25. The van der Waals surface area contributed by atoms with Gasteiger partial charge in [-0.2, -0.15) is 4.31 Å². The fourth-order valence-electron chi connectivity index (χ4n) is 2.18. The van der Waals surface area contributed by atoms with Gasteiger partial charge in [-0.05, 0) is 25.0 Å². The van der Waals surface area contributed by atoms with Crippen LogP contribution in [0.25, 0.3) is 0 Å². The molecule has 2 N–H and O–H groups in total. The number of nitro groups is 1. The summed E-state index contributed by atoms with van der Waals surface area (Å²) in [6.07, 6.45) is 1.41. The largest absolute Gasteiger partial charge is 0.327 e. The molecule has 0 amide bonds. The molecular formula is C11H15BrClN3O4S. The fraction of sp³-hybridized carbons (Fsp3) is 0.455. The monoisotopic (exact) mass is 399 g/mol. The van der Waals surface area contributed by atoms with Crippen LogP contribution in [0.3, 0.4) is 0 Å². The van der Waals surface area contributed by atoms with E-state index in [1.807, 2.05) is 0 Å². The fourth-order valence-corrected chi connectivity index (χ4v) is 4.41. The Morgan fingerprint density at radius 2 is 2.10 bits per heavy atom. The van der Waals surface area contributed by atoms with Gasteiger partial charge in [-0.3, -0.25) is 10.1 Å². The lowest BCUT2D eigenvalue weighted by Gasteiger charge is -2.29. The van der Waals surface area contributed by atoms with Crippen LogP contribution in [0.2, 0.25) is 0 Å². The maximum Gasteiger partial charge on any atom is 0.289 e. The molecule has 0 bridgehead atoms. The predicted octanol–water partition coefficient (Wildman–Crippen LogP) is 1.89. The van der Waals surface area contributed by atoms with Gasteiger partial charge in [-0.25, -0.2) is 8.42 Å². The van der Waals surface area contributed by atoms with Crippen molar-refractivity contribution in [1.29, 1.82) is 0 Å². The quantitative estimate of drug-likeness (QED) is 0.616. The molecule has 10 heteroatoms. The normalized spacial score (nSPS) is 19.8. The second-order valence-electron chi connectivity index (χ2n) is 4.63. The van der Waals surface area contributed by atoms with E-state index >= 15 is 0 Å². The van der Waals surface area contributed by atoms with E-state index in [9.17, 15) is 18.5 Å². The Labute approximate surface area is 137 Å². The van der Waals surface area contributed by atoms with Gasteiger partial charge in [0.15, 0.2) is 4.90 Å². The molecule has 0 aromatic heterocycles. The number of nitrogens with zero attached hydrogens (tertiary/aromatic N) is 2. The van der Waals surface area contributed by atoms with Crippen LogP contribution in [0.1, 0.15) is 12.8 Å². The molecule has 0 aliphatic carbocycles. The molecule has 0 spiro atoms. The highest BCUT2D eigenvalue weighted by Gasteiger charge is 2.34. The molecule has 118 valence electrons. The van der Waals surface area contributed by atoms with E-state index in [4.69, 9.17) is 5.73 Å². The Hall–Kier alpha value is -0.740. The average molecular weight is 401 g/mol. The van der Waals surface area contributed by atoms with Crippen LogP contribution in [0.15, 0.2) is 27.6 Å². The first kappa shape index (κ1) is 18.3. The van der Waals surface area contributed by atoms with Crippen molar-refractivity contribution in [2.24, 2.45) is 5.73 Å². The van der Waals surface area contributed by atoms with Gasteiger partial charge in [-0.15, -0.1) is 12.4 Å². The van der Waals surface area contributed by atoms with E-state index in [2.05, 4.69) is 15.9 Å². The first-order valence-electron chi connectivity index (χ1n) is 6.02. The van der Waals surface area contributed by atoms with Gasteiger partial charge in [0.25, 0.3) is 5.69 Å². The number of nitrogens with two attached hydrogens (primary N) is 1. The van der Waals surface area contributed by atoms with Crippen LogP contribution in [0, 0.1) is 10.1 Å². The molecule has 1 saturated heterocycles. The Morgan fingerprint density at radius 3 is 2.67 bits per heavy atom. The van der Waals surface area contributed by atoms with Crippen LogP contribution < -0.4 is 5.73 Å². The van der Waals surface area contributed by atoms with Gasteiger partial charge in [0.1, 0.15) is 0 Å². The molecule has 1 aromatic rings. The summed E-state index contributed by atoms with van der Waals surface area (Å²) >= 11 is 3.14. The number of hydrogen-bond donors (Lipinski definition) is 1. The van der Waals surface area contributed by atoms with Crippen molar-refractivity contribution < 1.29 is 13.3 Å². The highest BCUT2D eigenvalue weighted by Crippen LogP contribution is 2.30. The summed E-state index contributed by atoms with van der Waals surface area (Å²) in [5.74, 6) is 0. The topological polar surface area (TPSA) is 107 Å². The third kappa shape index (κ3) is 3.92. The van der Waals surface area contributed by atoms with Crippen LogP contribution in [-0.4, -0.2) is 36.8 Å². The Morgan fingerprint density at radius 1 is 1.43 bits per heavy atom. The van der Waals surface area contributed by atoms with E-state index < -0.39 is 20.6 Å². The molecule has 1 aliphatic rings. The summed E-state index contributed by atoms with van der Waals surface area (Å²) in [5.41, 5.74) is 5.35. The second kappa shape index (κ2) is 7.01. The maximum atomic E-state index is 12.6. The van der Waals surface area contributed by atoms with Crippen LogP contribution in [0.4, 0.5) is 5.69 Å². The molecular weight excluding hydrogens is 386 g/mol. The minimum absolute atomic E-state index is 0. The van der Waals surface area contributed by atoms with Gasteiger partial charge < -0.3 is 5.73 Å². The third-order valence-corrected chi connectivity index (χ3v) is 5.54. The van der Waals surface area contributed by atoms with Gasteiger partial charge >= 0.3 is 0 Å². The standard InChI is InChI=1S/C11H14BrN3O4S.ClH/c12-8-3-4-10(15(16)17)11(6-8)20(18,19)14-5-1-2-9(13)7-14;/h3-4,6,9H,1-2,5,7,13H2;1H. The summed E-state index contributed by atoms with van der Waals surface area (Å²) < 4.78 is 26.8. The minimum atomic E-state index is -3.91. The van der Waals surface area contributed by atoms with E-state index in [-0.39, 0.29) is 29.9 Å². The van der Waals surface area contributed by atoms with Crippen molar-refractivity contribution in [2.45, 2.75) is 23.8 Å². The SMILES string of the molecule is Cl.NC1CCCN(S(=O)(=O)c2cc(Br)ccc2[N+](=O)[O-])C1. The molecule has 21 heavy (non-hydrogen) atoms. The number of piperidine rings is 1. The molecule has 1 fully saturated rings. The molecule has 1 heterocycles. The van der Waals surface area contributed by atoms with Crippen molar-refractivity contribution in [2.75, 3.05) is 13.1 Å². The molecule has 7 nitrogen and oxygen atoms in total. The zero-order valence-corrected chi connectivity index (χ0v) is 14.2. The number of nitro benzene ring substituents is 1. The zero-order chi connectivity index (χ0) is 14.9. The highest BCUT2D eigenvalue weighted by molar-refractivity contribution is 9.10. The first-order chi connectivity index (χ1) is 9.32. The lowest BCUT2D eigenvalue weighted by atomic mass is 10.1. The molecule has 1 atom stereocenters. The molecule has 1 unspecified atom stereocenters. The number of halogens is 2. The number of benzene rings is 1. The lowest BCUT2D eigenvalue weighted by molar-refractivity contribution is -0.387. The van der Waals surface area contributed by atoms with Gasteiger partial charge in [-0.1, -0.05) is 15.9 Å². The zero-order valence-electron chi connectivity index (χ0n) is 10.9. The molecule has 2 rings (SSSR count). The van der Waals surface area contributed by atoms with Crippen LogP contribution in [0.5, 0.6) is 0 Å². The van der Waals surface area contributed by atoms with E-state index in [0.717, 1.165) is 6.42 Å². The van der Waals surface area contributed by atoms with E-state index in [1.54, 1.807) is 0 Å². The number of sulfonamides is 1. The Bertz CT molecular complexity index is 640. The van der Waals surface area contributed by atoms with Crippen molar-refractivity contribution in [3.63, 3.8) is 0 Å². The average Bonchev–Trinajstić information content (AvgIpc) is 2.38. The van der Waals surface area contributed by atoms with E-state index in [1.165, 1.54) is 22.5 Å². The lowest BCUT2D eigenvalue weighted by Crippen LogP contribution is -2.45. The molecule has 0 radical (unpaired) electrons. The van der Waals surface area contributed by atoms with Gasteiger partial charge in [0.2, 0.25) is 10.0 Å².